The maximum absolute atomic E-state index is 5.45. The van der Waals surface area contributed by atoms with Crippen LogP contribution in [-0.2, 0) is 6.42 Å². The fraction of sp³-hybridized carbons (Fsp3) is 0.846. The second kappa shape index (κ2) is 4.97. The van der Waals surface area contributed by atoms with E-state index >= 15 is 0 Å². The summed E-state index contributed by atoms with van der Waals surface area (Å²) in [6, 6.07) is 0.304. The number of rotatable bonds is 4. The van der Waals surface area contributed by atoms with Crippen molar-refractivity contribution in [2.75, 3.05) is 27.2 Å². The van der Waals surface area contributed by atoms with Crippen molar-refractivity contribution >= 4 is 0 Å². The highest BCUT2D eigenvalue weighted by Gasteiger charge is 2.42. The third-order valence-corrected chi connectivity index (χ3v) is 4.28. The lowest BCUT2D eigenvalue weighted by molar-refractivity contribution is 0.300. The van der Waals surface area contributed by atoms with Gasteiger partial charge in [-0.05, 0) is 45.3 Å². The van der Waals surface area contributed by atoms with Crippen molar-refractivity contribution in [3.05, 3.63) is 11.7 Å². The number of fused-ring (bicyclic) bond motifs is 1. The van der Waals surface area contributed by atoms with Gasteiger partial charge in [-0.1, -0.05) is 11.6 Å². The van der Waals surface area contributed by atoms with Gasteiger partial charge in [0.05, 0.1) is 6.04 Å². The standard InChI is InChI=1S/C13H22N4O/c1-17(2)7-6-11-15-13(18-16-11)12-10-5-3-4-9(10)8-14-12/h9-10,12,14H,3-8H2,1-2H3. The highest BCUT2D eigenvalue weighted by atomic mass is 16.5. The molecule has 2 fully saturated rings. The van der Waals surface area contributed by atoms with Crippen LogP contribution in [0.4, 0.5) is 0 Å². The Labute approximate surface area is 108 Å². The van der Waals surface area contributed by atoms with E-state index in [-0.39, 0.29) is 0 Å². The van der Waals surface area contributed by atoms with Crippen LogP contribution in [-0.4, -0.2) is 42.2 Å². The van der Waals surface area contributed by atoms with Crippen LogP contribution in [0.2, 0.25) is 0 Å². The van der Waals surface area contributed by atoms with Crippen LogP contribution in [0.3, 0.4) is 0 Å². The molecule has 0 aromatic carbocycles. The molecule has 2 heterocycles. The van der Waals surface area contributed by atoms with Crippen molar-refractivity contribution in [1.29, 1.82) is 0 Å². The SMILES string of the molecule is CN(C)CCc1noc(C2NCC3CCCC32)n1. The Morgan fingerprint density at radius 2 is 2.28 bits per heavy atom. The Hall–Kier alpha value is -0.940. The van der Waals surface area contributed by atoms with E-state index < -0.39 is 0 Å². The van der Waals surface area contributed by atoms with Gasteiger partial charge in [0.2, 0.25) is 5.89 Å². The van der Waals surface area contributed by atoms with E-state index in [1.807, 2.05) is 0 Å². The third kappa shape index (κ3) is 2.29. The molecule has 1 saturated carbocycles. The average Bonchev–Trinajstić information content (AvgIpc) is 3.01. The summed E-state index contributed by atoms with van der Waals surface area (Å²) in [5.41, 5.74) is 0. The van der Waals surface area contributed by atoms with Gasteiger partial charge < -0.3 is 14.7 Å². The van der Waals surface area contributed by atoms with Crippen molar-refractivity contribution in [2.45, 2.75) is 31.7 Å². The minimum absolute atomic E-state index is 0.304. The van der Waals surface area contributed by atoms with Gasteiger partial charge in [-0.2, -0.15) is 4.98 Å². The summed E-state index contributed by atoms with van der Waals surface area (Å²) < 4.78 is 5.45. The first-order chi connectivity index (χ1) is 8.74. The summed E-state index contributed by atoms with van der Waals surface area (Å²) in [4.78, 5) is 6.69. The van der Waals surface area contributed by atoms with Gasteiger partial charge in [-0.15, -0.1) is 0 Å². The van der Waals surface area contributed by atoms with E-state index in [0.717, 1.165) is 37.1 Å². The average molecular weight is 250 g/mol. The van der Waals surface area contributed by atoms with Gasteiger partial charge in [-0.3, -0.25) is 0 Å². The quantitative estimate of drug-likeness (QED) is 0.871. The summed E-state index contributed by atoms with van der Waals surface area (Å²) >= 11 is 0. The van der Waals surface area contributed by atoms with E-state index in [9.17, 15) is 0 Å². The number of likely N-dealkylation sites (N-methyl/N-ethyl adjacent to an activating group) is 1. The van der Waals surface area contributed by atoms with E-state index in [1.165, 1.54) is 19.3 Å². The van der Waals surface area contributed by atoms with Crippen LogP contribution in [0.1, 0.15) is 37.0 Å². The molecule has 3 unspecified atom stereocenters. The maximum atomic E-state index is 5.45. The van der Waals surface area contributed by atoms with Crippen molar-refractivity contribution in [1.82, 2.24) is 20.4 Å². The maximum Gasteiger partial charge on any atom is 0.244 e. The number of nitrogens with zero attached hydrogens (tertiary/aromatic N) is 3. The largest absolute Gasteiger partial charge is 0.338 e. The number of nitrogens with one attached hydrogen (secondary N) is 1. The van der Waals surface area contributed by atoms with Gasteiger partial charge >= 0.3 is 0 Å². The molecular weight excluding hydrogens is 228 g/mol. The van der Waals surface area contributed by atoms with Crippen LogP contribution in [0.15, 0.2) is 4.52 Å². The van der Waals surface area contributed by atoms with Crippen molar-refractivity contribution in [2.24, 2.45) is 11.8 Å². The summed E-state index contributed by atoms with van der Waals surface area (Å²) in [7, 11) is 4.12. The Morgan fingerprint density at radius 3 is 3.11 bits per heavy atom. The zero-order chi connectivity index (χ0) is 12.5. The molecule has 0 spiro atoms. The Morgan fingerprint density at radius 1 is 1.39 bits per heavy atom. The first-order valence-electron chi connectivity index (χ1n) is 6.94. The molecule has 2 aliphatic rings. The molecule has 0 bridgehead atoms. The lowest BCUT2D eigenvalue weighted by Gasteiger charge is -2.13. The zero-order valence-electron chi connectivity index (χ0n) is 11.2. The third-order valence-electron chi connectivity index (χ3n) is 4.28. The summed E-state index contributed by atoms with van der Waals surface area (Å²) in [6.45, 7) is 2.08. The molecule has 1 aliphatic carbocycles. The molecule has 1 aromatic heterocycles. The van der Waals surface area contributed by atoms with Gasteiger partial charge in [0.15, 0.2) is 5.82 Å². The number of aromatic nitrogens is 2. The molecule has 18 heavy (non-hydrogen) atoms. The molecule has 3 rings (SSSR count). The normalized spacial score (nSPS) is 31.2. The minimum Gasteiger partial charge on any atom is -0.338 e. The summed E-state index contributed by atoms with van der Waals surface area (Å²) in [6.07, 6.45) is 4.87. The zero-order valence-corrected chi connectivity index (χ0v) is 11.2. The van der Waals surface area contributed by atoms with Crippen LogP contribution in [0.25, 0.3) is 0 Å². The highest BCUT2D eigenvalue weighted by molar-refractivity contribution is 5.03. The predicted octanol–water partition coefficient (Wildman–Crippen LogP) is 1.23. The predicted molar refractivity (Wildman–Crippen MR) is 68.1 cm³/mol. The van der Waals surface area contributed by atoms with E-state index in [1.54, 1.807) is 0 Å². The molecule has 1 aromatic rings. The van der Waals surface area contributed by atoms with Crippen LogP contribution in [0.5, 0.6) is 0 Å². The van der Waals surface area contributed by atoms with Gasteiger partial charge in [0, 0.05) is 13.0 Å². The molecule has 100 valence electrons. The molecule has 0 amide bonds. The van der Waals surface area contributed by atoms with Crippen molar-refractivity contribution < 1.29 is 4.52 Å². The lowest BCUT2D eigenvalue weighted by Crippen LogP contribution is -2.18. The Bertz CT molecular complexity index is 403. The minimum atomic E-state index is 0.304. The Kier molecular flexibility index (Phi) is 3.35. The molecule has 3 atom stereocenters. The molecule has 1 saturated heterocycles. The fourth-order valence-electron chi connectivity index (χ4n) is 3.28. The lowest BCUT2D eigenvalue weighted by atomic mass is 9.94. The van der Waals surface area contributed by atoms with Gasteiger partial charge in [-0.25, -0.2) is 0 Å². The molecular formula is C13H22N4O. The fourth-order valence-corrected chi connectivity index (χ4v) is 3.28. The van der Waals surface area contributed by atoms with Crippen LogP contribution >= 0.6 is 0 Å². The summed E-state index contributed by atoms with van der Waals surface area (Å²) in [5, 5.41) is 7.64. The molecule has 1 aliphatic heterocycles. The van der Waals surface area contributed by atoms with Crippen LogP contribution < -0.4 is 5.32 Å². The van der Waals surface area contributed by atoms with Crippen LogP contribution in [0, 0.1) is 11.8 Å². The molecule has 5 heteroatoms. The number of hydrogen-bond acceptors (Lipinski definition) is 5. The summed E-state index contributed by atoms with van der Waals surface area (Å²) in [5.74, 6) is 3.18. The second-order valence-electron chi connectivity index (χ2n) is 5.84. The topological polar surface area (TPSA) is 54.2 Å². The monoisotopic (exact) mass is 250 g/mol. The Balaban J connectivity index is 1.66. The number of hydrogen-bond donors (Lipinski definition) is 1. The van der Waals surface area contributed by atoms with E-state index in [2.05, 4.69) is 34.5 Å². The highest BCUT2D eigenvalue weighted by Crippen LogP contribution is 2.43. The smallest absolute Gasteiger partial charge is 0.244 e. The first-order valence-corrected chi connectivity index (χ1v) is 6.94. The van der Waals surface area contributed by atoms with E-state index in [0.29, 0.717) is 12.0 Å². The molecule has 1 N–H and O–H groups in total. The van der Waals surface area contributed by atoms with Crippen molar-refractivity contribution in [3.8, 4) is 0 Å². The first kappa shape index (κ1) is 12.1. The van der Waals surface area contributed by atoms with Gasteiger partial charge in [0.1, 0.15) is 0 Å². The second-order valence-corrected chi connectivity index (χ2v) is 5.84. The van der Waals surface area contributed by atoms with E-state index in [4.69, 9.17) is 4.52 Å². The molecule has 5 nitrogen and oxygen atoms in total. The van der Waals surface area contributed by atoms with Gasteiger partial charge in [0.25, 0.3) is 0 Å². The molecule has 0 radical (unpaired) electrons. The van der Waals surface area contributed by atoms with Crippen molar-refractivity contribution in [3.63, 3.8) is 0 Å².